The molecule has 1 aliphatic heterocycles. The summed E-state index contributed by atoms with van der Waals surface area (Å²) in [5.74, 6) is -0.504. The molecular formula is C28H26ClNO6. The number of carbonyl (C=O) groups excluding carboxylic acids is 2. The van der Waals surface area contributed by atoms with Gasteiger partial charge in [-0.2, -0.15) is 0 Å². The zero-order valence-electron chi connectivity index (χ0n) is 20.3. The van der Waals surface area contributed by atoms with Crippen molar-refractivity contribution in [2.24, 2.45) is 0 Å². The highest BCUT2D eigenvalue weighted by molar-refractivity contribution is 6.51. The highest BCUT2D eigenvalue weighted by Gasteiger charge is 2.47. The Bertz CT molecular complexity index is 1350. The highest BCUT2D eigenvalue weighted by Crippen LogP contribution is 2.44. The third-order valence-corrected chi connectivity index (χ3v) is 6.06. The van der Waals surface area contributed by atoms with Gasteiger partial charge in [0.25, 0.3) is 11.7 Å². The number of aliphatic hydroxyl groups excluding tert-OH is 1. The molecule has 4 rings (SSSR count). The van der Waals surface area contributed by atoms with E-state index in [9.17, 15) is 14.7 Å². The van der Waals surface area contributed by atoms with Gasteiger partial charge in [0, 0.05) is 17.3 Å². The summed E-state index contributed by atoms with van der Waals surface area (Å²) in [4.78, 5) is 28.1. The van der Waals surface area contributed by atoms with Crippen LogP contribution in [0.3, 0.4) is 0 Å². The molecular weight excluding hydrogens is 482 g/mol. The van der Waals surface area contributed by atoms with Crippen molar-refractivity contribution in [1.82, 2.24) is 0 Å². The number of nitrogens with zero attached hydrogens (tertiary/aromatic N) is 1. The summed E-state index contributed by atoms with van der Waals surface area (Å²) in [5, 5.41) is 11.7. The van der Waals surface area contributed by atoms with Gasteiger partial charge in [-0.05, 0) is 61.9 Å². The fourth-order valence-electron chi connectivity index (χ4n) is 4.17. The number of benzene rings is 3. The molecule has 1 amide bonds. The molecule has 1 fully saturated rings. The number of rotatable bonds is 7. The van der Waals surface area contributed by atoms with E-state index in [-0.39, 0.29) is 17.4 Å². The monoisotopic (exact) mass is 507 g/mol. The number of hydrogen-bond donors (Lipinski definition) is 1. The summed E-state index contributed by atoms with van der Waals surface area (Å²) in [6.45, 7) is 3.81. The van der Waals surface area contributed by atoms with Gasteiger partial charge in [-0.25, -0.2) is 0 Å². The first-order chi connectivity index (χ1) is 17.2. The second-order valence-corrected chi connectivity index (χ2v) is 8.87. The quantitative estimate of drug-likeness (QED) is 0.248. The second kappa shape index (κ2) is 10.3. The zero-order chi connectivity index (χ0) is 26.0. The Balaban J connectivity index is 1.95. The minimum atomic E-state index is -0.922. The number of halogens is 1. The van der Waals surface area contributed by atoms with E-state index in [1.54, 1.807) is 60.7 Å². The topological polar surface area (TPSA) is 85.3 Å². The molecule has 3 aromatic carbocycles. The predicted octanol–water partition coefficient (Wildman–Crippen LogP) is 5.77. The largest absolute Gasteiger partial charge is 0.507 e. The van der Waals surface area contributed by atoms with Crippen LogP contribution in [0.1, 0.15) is 31.0 Å². The number of amides is 1. The van der Waals surface area contributed by atoms with E-state index in [0.717, 1.165) is 0 Å². The lowest BCUT2D eigenvalue weighted by Gasteiger charge is -2.26. The highest BCUT2D eigenvalue weighted by atomic mass is 35.5. The number of ether oxygens (including phenoxy) is 3. The van der Waals surface area contributed by atoms with Gasteiger partial charge in [0.15, 0.2) is 0 Å². The number of hydrogen-bond acceptors (Lipinski definition) is 6. The third kappa shape index (κ3) is 4.75. The van der Waals surface area contributed by atoms with E-state index < -0.39 is 17.7 Å². The molecule has 3 aromatic rings. The molecule has 36 heavy (non-hydrogen) atoms. The standard InChI is InChI=1S/C28H26ClNO6/c1-16(2)36-21-10-5-7-17(13-21)25-24(26(31)18-11-12-22(29)23(14-18)35-4)27(32)28(33)30(25)19-8-6-9-20(15-19)34-3/h5-16,25,31H,1-4H3/b26-24+. The van der Waals surface area contributed by atoms with Gasteiger partial charge in [0.05, 0.1) is 37.0 Å². The van der Waals surface area contributed by atoms with Crippen LogP contribution < -0.4 is 19.1 Å². The minimum absolute atomic E-state index is 0.0612. The Labute approximate surface area is 214 Å². The van der Waals surface area contributed by atoms with Crippen LogP contribution in [0.4, 0.5) is 5.69 Å². The van der Waals surface area contributed by atoms with Gasteiger partial charge in [-0.3, -0.25) is 14.5 Å². The van der Waals surface area contributed by atoms with Crippen molar-refractivity contribution in [3.63, 3.8) is 0 Å². The molecule has 1 unspecified atom stereocenters. The van der Waals surface area contributed by atoms with Crippen molar-refractivity contribution in [2.45, 2.75) is 26.0 Å². The minimum Gasteiger partial charge on any atom is -0.507 e. The molecule has 0 aromatic heterocycles. The fourth-order valence-corrected chi connectivity index (χ4v) is 4.36. The third-order valence-electron chi connectivity index (χ3n) is 5.75. The smallest absolute Gasteiger partial charge is 0.300 e. The molecule has 1 N–H and O–H groups in total. The Morgan fingerprint density at radius 1 is 0.944 bits per heavy atom. The van der Waals surface area contributed by atoms with Crippen molar-refractivity contribution in [3.8, 4) is 17.2 Å². The van der Waals surface area contributed by atoms with E-state index in [4.69, 9.17) is 25.8 Å². The van der Waals surface area contributed by atoms with Crippen molar-refractivity contribution in [2.75, 3.05) is 19.1 Å². The van der Waals surface area contributed by atoms with Crippen LogP contribution in [-0.4, -0.2) is 37.1 Å². The Morgan fingerprint density at radius 2 is 1.67 bits per heavy atom. The molecule has 1 heterocycles. The van der Waals surface area contributed by atoms with Gasteiger partial charge in [-0.1, -0.05) is 29.8 Å². The summed E-state index contributed by atoms with van der Waals surface area (Å²) in [5.41, 5.74) is 1.27. The van der Waals surface area contributed by atoms with Crippen molar-refractivity contribution >= 4 is 34.7 Å². The van der Waals surface area contributed by atoms with E-state index in [1.807, 2.05) is 13.8 Å². The van der Waals surface area contributed by atoms with Crippen molar-refractivity contribution < 1.29 is 28.9 Å². The molecule has 0 aliphatic carbocycles. The number of anilines is 1. The molecule has 1 aliphatic rings. The van der Waals surface area contributed by atoms with Gasteiger partial charge in [-0.15, -0.1) is 0 Å². The number of carbonyl (C=O) groups is 2. The summed E-state index contributed by atoms with van der Waals surface area (Å²) < 4.78 is 16.4. The normalized spacial score (nSPS) is 16.9. The number of ketones is 1. The Kier molecular flexibility index (Phi) is 7.22. The van der Waals surface area contributed by atoms with Gasteiger partial charge in [0.1, 0.15) is 23.0 Å². The van der Waals surface area contributed by atoms with Crippen LogP contribution in [0.15, 0.2) is 72.3 Å². The lowest BCUT2D eigenvalue weighted by Crippen LogP contribution is -2.29. The summed E-state index contributed by atoms with van der Waals surface area (Å²) in [6.07, 6.45) is -0.0773. The zero-order valence-corrected chi connectivity index (χ0v) is 21.1. The molecule has 1 saturated heterocycles. The van der Waals surface area contributed by atoms with E-state index in [0.29, 0.717) is 39.1 Å². The van der Waals surface area contributed by atoms with Crippen LogP contribution in [-0.2, 0) is 9.59 Å². The number of aliphatic hydroxyl groups is 1. The molecule has 0 bridgehead atoms. The summed E-state index contributed by atoms with van der Waals surface area (Å²) in [6, 6.07) is 17.7. The molecule has 186 valence electrons. The van der Waals surface area contributed by atoms with Gasteiger partial charge < -0.3 is 19.3 Å². The first kappa shape index (κ1) is 25.1. The maximum atomic E-state index is 13.4. The first-order valence-corrected chi connectivity index (χ1v) is 11.7. The number of methoxy groups -OCH3 is 2. The van der Waals surface area contributed by atoms with Crippen LogP contribution in [0.5, 0.6) is 17.2 Å². The van der Waals surface area contributed by atoms with Crippen LogP contribution in [0.2, 0.25) is 5.02 Å². The lowest BCUT2D eigenvalue weighted by atomic mass is 9.95. The average molecular weight is 508 g/mol. The lowest BCUT2D eigenvalue weighted by molar-refractivity contribution is -0.132. The molecule has 0 spiro atoms. The molecule has 7 nitrogen and oxygen atoms in total. The van der Waals surface area contributed by atoms with Gasteiger partial charge in [0.2, 0.25) is 0 Å². The van der Waals surface area contributed by atoms with Crippen molar-refractivity contribution in [3.05, 3.63) is 88.5 Å². The predicted molar refractivity (Wildman–Crippen MR) is 138 cm³/mol. The van der Waals surface area contributed by atoms with E-state index in [1.165, 1.54) is 25.2 Å². The SMILES string of the molecule is COc1cccc(N2C(=O)C(=O)/C(=C(/O)c3ccc(Cl)c(OC)c3)C2c2cccc(OC(C)C)c2)c1. The molecule has 0 radical (unpaired) electrons. The summed E-state index contributed by atoms with van der Waals surface area (Å²) in [7, 11) is 2.97. The van der Waals surface area contributed by atoms with Gasteiger partial charge >= 0.3 is 0 Å². The second-order valence-electron chi connectivity index (χ2n) is 8.46. The number of Topliss-reactive ketones (excluding diaryl/α,β-unsaturated/α-hetero) is 1. The fraction of sp³-hybridized carbons (Fsp3) is 0.214. The average Bonchev–Trinajstić information content (AvgIpc) is 3.14. The first-order valence-electron chi connectivity index (χ1n) is 11.3. The van der Waals surface area contributed by atoms with E-state index in [2.05, 4.69) is 0 Å². The van der Waals surface area contributed by atoms with Crippen LogP contribution >= 0.6 is 11.6 Å². The molecule has 1 atom stereocenters. The molecule has 8 heteroatoms. The van der Waals surface area contributed by atoms with E-state index >= 15 is 0 Å². The Morgan fingerprint density at radius 3 is 2.36 bits per heavy atom. The van der Waals surface area contributed by atoms with Crippen LogP contribution in [0.25, 0.3) is 5.76 Å². The Hall–Kier alpha value is -3.97. The molecule has 0 saturated carbocycles. The maximum Gasteiger partial charge on any atom is 0.300 e. The maximum absolute atomic E-state index is 13.4. The summed E-state index contributed by atoms with van der Waals surface area (Å²) >= 11 is 6.15. The van der Waals surface area contributed by atoms with Crippen molar-refractivity contribution in [1.29, 1.82) is 0 Å². The van der Waals surface area contributed by atoms with Crippen LogP contribution in [0, 0.1) is 0 Å².